The van der Waals surface area contributed by atoms with Crippen molar-refractivity contribution in [3.05, 3.63) is 23.8 Å². The maximum Gasteiger partial charge on any atom is 0.338 e. The van der Waals surface area contributed by atoms with Gasteiger partial charge in [0.25, 0.3) is 15.9 Å². The highest BCUT2D eigenvalue weighted by Crippen LogP contribution is 2.35. The Kier molecular flexibility index (Phi) is 5.81. The fraction of sp³-hybridized carbons (Fsp3) is 0.571. The molecule has 30 heavy (non-hydrogen) atoms. The second-order valence-electron chi connectivity index (χ2n) is 8.16. The Morgan fingerprint density at radius 2 is 1.93 bits per heavy atom. The van der Waals surface area contributed by atoms with Crippen LogP contribution in [0.5, 0.6) is 0 Å². The second kappa shape index (κ2) is 8.37. The highest BCUT2D eigenvalue weighted by Gasteiger charge is 2.32. The van der Waals surface area contributed by atoms with Crippen molar-refractivity contribution >= 4 is 33.4 Å². The molecule has 162 valence electrons. The number of nitrogens with one attached hydrogen (secondary N) is 1. The molecule has 0 spiro atoms. The Labute approximate surface area is 176 Å². The quantitative estimate of drug-likeness (QED) is 0.732. The molecule has 1 saturated carbocycles. The van der Waals surface area contributed by atoms with Gasteiger partial charge in [0, 0.05) is 19.0 Å². The summed E-state index contributed by atoms with van der Waals surface area (Å²) in [6.45, 7) is 2.22. The zero-order valence-electron chi connectivity index (χ0n) is 17.1. The third kappa shape index (κ3) is 4.21. The molecule has 1 aromatic rings. The van der Waals surface area contributed by atoms with E-state index in [1.807, 2.05) is 4.90 Å². The molecule has 9 heteroatoms. The lowest BCUT2D eigenvalue weighted by molar-refractivity contribution is -0.129. The topological polar surface area (TPSA) is 105 Å². The number of benzene rings is 1. The molecule has 1 N–H and O–H groups in total. The average molecular weight is 434 g/mol. The van der Waals surface area contributed by atoms with E-state index in [2.05, 4.69) is 9.71 Å². The molecule has 0 bridgehead atoms. The van der Waals surface area contributed by atoms with Crippen molar-refractivity contribution < 1.29 is 22.7 Å². The van der Waals surface area contributed by atoms with Crippen LogP contribution in [-0.4, -0.2) is 44.8 Å². The van der Waals surface area contributed by atoms with Gasteiger partial charge in [-0.25, -0.2) is 4.79 Å². The fourth-order valence-electron chi connectivity index (χ4n) is 4.28. The zero-order valence-corrected chi connectivity index (χ0v) is 17.9. The van der Waals surface area contributed by atoms with Crippen LogP contribution in [0.3, 0.4) is 0 Å². The van der Waals surface area contributed by atoms with Crippen LogP contribution in [0, 0.1) is 0 Å². The van der Waals surface area contributed by atoms with Crippen molar-refractivity contribution in [1.29, 1.82) is 0 Å². The van der Waals surface area contributed by atoms with Gasteiger partial charge < -0.3 is 15.0 Å². The van der Waals surface area contributed by atoms with Crippen LogP contribution < -0.4 is 10.2 Å². The lowest BCUT2D eigenvalue weighted by Crippen LogP contribution is -2.40. The first kappa shape index (κ1) is 20.8. The number of carbonyl (C=O) groups excluding carboxylic acids is 2. The number of hydrogen-bond donors (Lipinski definition) is 1. The monoisotopic (exact) mass is 433 g/mol. The zero-order chi connectivity index (χ0) is 21.3. The first-order valence-corrected chi connectivity index (χ1v) is 12.1. The Morgan fingerprint density at radius 1 is 1.17 bits per heavy atom. The maximum atomic E-state index is 12.7. The van der Waals surface area contributed by atoms with E-state index >= 15 is 0 Å². The molecule has 1 aromatic carbocycles. The Balaban J connectivity index is 1.51. The third-order valence-corrected chi connectivity index (χ3v) is 7.27. The largest absolute Gasteiger partial charge is 0.449 e. The summed E-state index contributed by atoms with van der Waals surface area (Å²) in [5, 5.41) is 2.90. The van der Waals surface area contributed by atoms with E-state index in [1.54, 1.807) is 12.1 Å². The number of carbonyl (C=O) groups is 2. The van der Waals surface area contributed by atoms with Gasteiger partial charge in [0.1, 0.15) is 10.7 Å². The van der Waals surface area contributed by atoms with Crippen molar-refractivity contribution in [2.75, 3.05) is 11.4 Å². The Morgan fingerprint density at radius 3 is 2.70 bits per heavy atom. The number of hydrogen-bond acceptors (Lipinski definition) is 6. The Bertz CT molecular complexity index is 982. The SMILES string of the molecule is C[C@H](OC(=O)c1ccc2c(c1)S(=O)(=O)N=C1CCCCCN12)C(=O)NC1CCCC1. The normalized spacial score (nSPS) is 21.6. The van der Waals surface area contributed by atoms with Gasteiger partial charge in [-0.1, -0.05) is 19.3 Å². The summed E-state index contributed by atoms with van der Waals surface area (Å²) in [5.74, 6) is -0.500. The van der Waals surface area contributed by atoms with E-state index in [9.17, 15) is 18.0 Å². The first-order valence-electron chi connectivity index (χ1n) is 10.6. The number of esters is 1. The molecule has 2 aliphatic heterocycles. The molecule has 0 unspecified atom stereocenters. The van der Waals surface area contributed by atoms with Gasteiger partial charge >= 0.3 is 5.97 Å². The number of sulfonamides is 1. The lowest BCUT2D eigenvalue weighted by Gasteiger charge is -2.29. The van der Waals surface area contributed by atoms with Crippen molar-refractivity contribution in [3.63, 3.8) is 0 Å². The molecule has 0 aromatic heterocycles. The molecular formula is C21H27N3O5S. The number of fused-ring (bicyclic) bond motifs is 3. The number of amides is 1. The molecule has 4 rings (SSSR count). The van der Waals surface area contributed by atoms with Gasteiger partial charge in [0.05, 0.1) is 11.3 Å². The number of amidine groups is 1. The average Bonchev–Trinajstić information content (AvgIpc) is 3.11. The van der Waals surface area contributed by atoms with Crippen LogP contribution in [0.2, 0.25) is 0 Å². The molecule has 1 saturated heterocycles. The van der Waals surface area contributed by atoms with Gasteiger partial charge in [0.15, 0.2) is 6.10 Å². The summed E-state index contributed by atoms with van der Waals surface area (Å²) in [5.41, 5.74) is 0.636. The van der Waals surface area contributed by atoms with E-state index < -0.39 is 22.1 Å². The van der Waals surface area contributed by atoms with Crippen LogP contribution in [0.15, 0.2) is 27.5 Å². The van der Waals surface area contributed by atoms with E-state index in [0.717, 1.165) is 44.9 Å². The minimum Gasteiger partial charge on any atom is -0.449 e. The van der Waals surface area contributed by atoms with E-state index in [-0.39, 0.29) is 22.4 Å². The van der Waals surface area contributed by atoms with Gasteiger partial charge in [-0.3, -0.25) is 4.79 Å². The van der Waals surface area contributed by atoms with Crippen LogP contribution in [-0.2, 0) is 19.6 Å². The number of ether oxygens (including phenoxy) is 1. The van der Waals surface area contributed by atoms with Crippen LogP contribution >= 0.6 is 0 Å². The van der Waals surface area contributed by atoms with Crippen molar-refractivity contribution in [2.24, 2.45) is 4.40 Å². The highest BCUT2D eigenvalue weighted by atomic mass is 32.2. The van der Waals surface area contributed by atoms with E-state index in [4.69, 9.17) is 4.74 Å². The predicted molar refractivity (Wildman–Crippen MR) is 112 cm³/mol. The summed E-state index contributed by atoms with van der Waals surface area (Å²) < 4.78 is 34.7. The lowest BCUT2D eigenvalue weighted by atomic mass is 10.1. The van der Waals surface area contributed by atoms with Gasteiger partial charge in [-0.05, 0) is 50.8 Å². The Hall–Kier alpha value is -2.42. The minimum atomic E-state index is -3.89. The molecule has 2 fully saturated rings. The molecule has 0 radical (unpaired) electrons. The predicted octanol–water partition coefficient (Wildman–Crippen LogP) is 2.77. The van der Waals surface area contributed by atoms with Crippen molar-refractivity contribution in [3.8, 4) is 0 Å². The molecule has 8 nitrogen and oxygen atoms in total. The van der Waals surface area contributed by atoms with Crippen LogP contribution in [0.1, 0.15) is 68.6 Å². The van der Waals surface area contributed by atoms with Crippen molar-refractivity contribution in [1.82, 2.24) is 5.32 Å². The molecule has 1 atom stereocenters. The summed E-state index contributed by atoms with van der Waals surface area (Å²) in [6, 6.07) is 4.62. The van der Waals surface area contributed by atoms with Crippen molar-refractivity contribution in [2.45, 2.75) is 75.3 Å². The number of anilines is 1. The molecule has 3 aliphatic rings. The van der Waals surface area contributed by atoms with Crippen LogP contribution in [0.25, 0.3) is 0 Å². The molecule has 1 aliphatic carbocycles. The standard InChI is InChI=1S/C21H27N3O5S/c1-14(20(25)22-16-7-4-5-8-16)29-21(26)15-10-11-17-18(13-15)30(27,28)23-19-9-3-2-6-12-24(17)19/h10-11,13-14,16H,2-9,12H2,1H3,(H,22,25)/t14-/m0/s1. The number of rotatable bonds is 4. The summed E-state index contributed by atoms with van der Waals surface area (Å²) in [7, 11) is -3.89. The van der Waals surface area contributed by atoms with E-state index in [0.29, 0.717) is 24.5 Å². The maximum absolute atomic E-state index is 12.7. The highest BCUT2D eigenvalue weighted by molar-refractivity contribution is 7.90. The number of nitrogens with zero attached hydrogens (tertiary/aromatic N) is 2. The van der Waals surface area contributed by atoms with Gasteiger partial charge in [-0.15, -0.1) is 4.40 Å². The van der Waals surface area contributed by atoms with Crippen LogP contribution in [0.4, 0.5) is 5.69 Å². The minimum absolute atomic E-state index is 0.00524. The summed E-state index contributed by atoms with van der Waals surface area (Å²) >= 11 is 0. The van der Waals surface area contributed by atoms with E-state index in [1.165, 1.54) is 13.0 Å². The second-order valence-corrected chi connectivity index (χ2v) is 9.74. The summed E-state index contributed by atoms with van der Waals surface area (Å²) in [6.07, 6.45) is 6.60. The molecular weight excluding hydrogens is 406 g/mol. The fourth-order valence-corrected chi connectivity index (χ4v) is 5.56. The molecule has 2 heterocycles. The smallest absolute Gasteiger partial charge is 0.338 e. The van der Waals surface area contributed by atoms with Gasteiger partial charge in [-0.2, -0.15) is 8.42 Å². The molecule has 1 amide bonds. The third-order valence-electron chi connectivity index (χ3n) is 5.94. The summed E-state index contributed by atoms with van der Waals surface area (Å²) in [4.78, 5) is 26.8. The van der Waals surface area contributed by atoms with Gasteiger partial charge in [0.2, 0.25) is 0 Å². The first-order chi connectivity index (χ1) is 14.3.